The molecule has 96 valence electrons. The van der Waals surface area contributed by atoms with Gasteiger partial charge in [-0.15, -0.1) is 0 Å². The van der Waals surface area contributed by atoms with E-state index in [-0.39, 0.29) is 11.9 Å². The first-order chi connectivity index (χ1) is 8.61. The van der Waals surface area contributed by atoms with Gasteiger partial charge in [-0.05, 0) is 31.7 Å². The van der Waals surface area contributed by atoms with Crippen molar-refractivity contribution in [1.82, 2.24) is 9.78 Å². The number of anilines is 1. The SMILES string of the molecule is CCC(C)n1nc(C)cc1NC(=O)c1ccsc1. The third kappa shape index (κ3) is 2.61. The summed E-state index contributed by atoms with van der Waals surface area (Å²) in [5.74, 6) is 0.679. The summed E-state index contributed by atoms with van der Waals surface area (Å²) >= 11 is 1.52. The number of hydrogen-bond acceptors (Lipinski definition) is 3. The van der Waals surface area contributed by atoms with Crippen LogP contribution < -0.4 is 5.32 Å². The molecule has 1 atom stereocenters. The monoisotopic (exact) mass is 263 g/mol. The van der Waals surface area contributed by atoms with Crippen LogP contribution in [0.25, 0.3) is 0 Å². The van der Waals surface area contributed by atoms with Crippen molar-refractivity contribution in [2.24, 2.45) is 0 Å². The van der Waals surface area contributed by atoms with Crippen LogP contribution in [0, 0.1) is 6.92 Å². The average molecular weight is 263 g/mol. The first kappa shape index (κ1) is 12.8. The van der Waals surface area contributed by atoms with Gasteiger partial charge in [-0.1, -0.05) is 6.92 Å². The first-order valence-electron chi connectivity index (χ1n) is 6.01. The minimum atomic E-state index is -0.0827. The van der Waals surface area contributed by atoms with Crippen molar-refractivity contribution in [3.8, 4) is 0 Å². The van der Waals surface area contributed by atoms with Crippen molar-refractivity contribution >= 4 is 23.1 Å². The van der Waals surface area contributed by atoms with Crippen LogP contribution in [0.15, 0.2) is 22.9 Å². The van der Waals surface area contributed by atoms with Gasteiger partial charge in [0.1, 0.15) is 5.82 Å². The number of nitrogens with one attached hydrogen (secondary N) is 1. The highest BCUT2D eigenvalue weighted by molar-refractivity contribution is 7.08. The number of aromatic nitrogens is 2. The maximum Gasteiger partial charge on any atom is 0.257 e. The minimum absolute atomic E-state index is 0.0827. The van der Waals surface area contributed by atoms with Gasteiger partial charge < -0.3 is 5.32 Å². The standard InChI is InChI=1S/C13H17N3OS/c1-4-10(3)16-12(7-9(2)15-16)14-13(17)11-5-6-18-8-11/h5-8,10H,4H2,1-3H3,(H,14,17). The van der Waals surface area contributed by atoms with Gasteiger partial charge in [-0.3, -0.25) is 4.79 Å². The molecule has 1 N–H and O–H groups in total. The molecule has 2 aromatic heterocycles. The van der Waals surface area contributed by atoms with Crippen molar-refractivity contribution in [3.63, 3.8) is 0 Å². The van der Waals surface area contributed by atoms with Gasteiger partial charge in [0, 0.05) is 11.4 Å². The normalized spacial score (nSPS) is 12.4. The molecule has 0 aliphatic carbocycles. The van der Waals surface area contributed by atoms with Crippen molar-refractivity contribution in [3.05, 3.63) is 34.2 Å². The van der Waals surface area contributed by atoms with Gasteiger partial charge in [0.25, 0.3) is 5.91 Å². The fourth-order valence-electron chi connectivity index (χ4n) is 1.70. The Hall–Kier alpha value is -1.62. The van der Waals surface area contributed by atoms with Crippen LogP contribution in [0.4, 0.5) is 5.82 Å². The zero-order valence-corrected chi connectivity index (χ0v) is 11.6. The van der Waals surface area contributed by atoms with Crippen LogP contribution in [-0.2, 0) is 0 Å². The fourth-order valence-corrected chi connectivity index (χ4v) is 2.34. The molecule has 0 saturated heterocycles. The van der Waals surface area contributed by atoms with E-state index in [9.17, 15) is 4.79 Å². The van der Waals surface area contributed by atoms with Crippen LogP contribution >= 0.6 is 11.3 Å². The molecule has 2 aromatic rings. The minimum Gasteiger partial charge on any atom is -0.307 e. The average Bonchev–Trinajstić information content (AvgIpc) is 2.97. The number of aryl methyl sites for hydroxylation is 1. The van der Waals surface area contributed by atoms with E-state index in [1.165, 1.54) is 11.3 Å². The third-order valence-electron chi connectivity index (χ3n) is 2.89. The number of rotatable bonds is 4. The Kier molecular flexibility index (Phi) is 3.81. The van der Waals surface area contributed by atoms with Gasteiger partial charge in [0.15, 0.2) is 0 Å². The molecule has 0 fully saturated rings. The van der Waals surface area contributed by atoms with E-state index in [2.05, 4.69) is 24.3 Å². The zero-order chi connectivity index (χ0) is 13.1. The lowest BCUT2D eigenvalue weighted by Crippen LogP contribution is -2.16. The van der Waals surface area contributed by atoms with Crippen LogP contribution in [0.1, 0.15) is 42.4 Å². The summed E-state index contributed by atoms with van der Waals surface area (Å²) in [6.07, 6.45) is 0.975. The van der Waals surface area contributed by atoms with Crippen molar-refractivity contribution in [2.45, 2.75) is 33.2 Å². The number of carbonyl (C=O) groups is 1. The first-order valence-corrected chi connectivity index (χ1v) is 6.95. The number of amides is 1. The Labute approximate surface area is 111 Å². The Morgan fingerprint density at radius 1 is 1.61 bits per heavy atom. The molecular weight excluding hydrogens is 246 g/mol. The summed E-state index contributed by atoms with van der Waals surface area (Å²) < 4.78 is 1.87. The van der Waals surface area contributed by atoms with Crippen LogP contribution in [0.5, 0.6) is 0 Å². The molecule has 1 unspecified atom stereocenters. The highest BCUT2D eigenvalue weighted by Crippen LogP contribution is 2.19. The molecule has 0 bridgehead atoms. The number of thiophene rings is 1. The largest absolute Gasteiger partial charge is 0.307 e. The van der Waals surface area contributed by atoms with Gasteiger partial charge in [0.2, 0.25) is 0 Å². The summed E-state index contributed by atoms with van der Waals surface area (Å²) in [6.45, 7) is 6.12. The summed E-state index contributed by atoms with van der Waals surface area (Å²) in [4.78, 5) is 12.0. The third-order valence-corrected chi connectivity index (χ3v) is 3.57. The fraction of sp³-hybridized carbons (Fsp3) is 0.385. The predicted octanol–water partition coefficient (Wildman–Crippen LogP) is 3.48. The van der Waals surface area contributed by atoms with E-state index in [0.717, 1.165) is 17.9 Å². The molecule has 0 radical (unpaired) electrons. The molecule has 18 heavy (non-hydrogen) atoms. The molecule has 0 aromatic carbocycles. The quantitative estimate of drug-likeness (QED) is 0.918. The topological polar surface area (TPSA) is 46.9 Å². The van der Waals surface area contributed by atoms with E-state index in [0.29, 0.717) is 5.56 Å². The molecule has 1 amide bonds. The second-order valence-electron chi connectivity index (χ2n) is 4.34. The summed E-state index contributed by atoms with van der Waals surface area (Å²) in [5.41, 5.74) is 1.60. The smallest absolute Gasteiger partial charge is 0.257 e. The second kappa shape index (κ2) is 5.35. The van der Waals surface area contributed by atoms with Crippen LogP contribution in [0.3, 0.4) is 0 Å². The summed E-state index contributed by atoms with van der Waals surface area (Å²) in [7, 11) is 0. The van der Waals surface area contributed by atoms with E-state index in [1.807, 2.05) is 34.5 Å². The van der Waals surface area contributed by atoms with E-state index < -0.39 is 0 Å². The molecule has 0 spiro atoms. The maximum atomic E-state index is 12.0. The highest BCUT2D eigenvalue weighted by Gasteiger charge is 2.14. The summed E-state index contributed by atoms with van der Waals surface area (Å²) in [5, 5.41) is 11.1. The summed E-state index contributed by atoms with van der Waals surface area (Å²) in [6, 6.07) is 3.99. The Balaban J connectivity index is 2.21. The molecular formula is C13H17N3OS. The van der Waals surface area contributed by atoms with Gasteiger partial charge >= 0.3 is 0 Å². The Bertz CT molecular complexity index is 530. The Morgan fingerprint density at radius 2 is 2.39 bits per heavy atom. The number of nitrogens with zero attached hydrogens (tertiary/aromatic N) is 2. The van der Waals surface area contributed by atoms with E-state index in [4.69, 9.17) is 0 Å². The number of carbonyl (C=O) groups excluding carboxylic acids is 1. The maximum absolute atomic E-state index is 12.0. The lowest BCUT2D eigenvalue weighted by atomic mass is 10.2. The zero-order valence-electron chi connectivity index (χ0n) is 10.8. The van der Waals surface area contributed by atoms with Gasteiger partial charge in [-0.2, -0.15) is 16.4 Å². The van der Waals surface area contributed by atoms with E-state index in [1.54, 1.807) is 0 Å². The van der Waals surface area contributed by atoms with Crippen molar-refractivity contribution in [1.29, 1.82) is 0 Å². The molecule has 0 aliphatic heterocycles. The van der Waals surface area contributed by atoms with Gasteiger partial charge in [-0.25, -0.2) is 4.68 Å². The van der Waals surface area contributed by atoms with Crippen LogP contribution in [-0.4, -0.2) is 15.7 Å². The van der Waals surface area contributed by atoms with Crippen molar-refractivity contribution < 1.29 is 4.79 Å². The second-order valence-corrected chi connectivity index (χ2v) is 5.12. The molecule has 0 aliphatic rings. The molecule has 2 heterocycles. The molecule has 0 saturated carbocycles. The van der Waals surface area contributed by atoms with E-state index >= 15 is 0 Å². The lowest BCUT2D eigenvalue weighted by Gasteiger charge is -2.13. The molecule has 2 rings (SSSR count). The van der Waals surface area contributed by atoms with Crippen molar-refractivity contribution in [2.75, 3.05) is 5.32 Å². The highest BCUT2D eigenvalue weighted by atomic mass is 32.1. The number of hydrogen-bond donors (Lipinski definition) is 1. The predicted molar refractivity (Wildman–Crippen MR) is 74.2 cm³/mol. The Morgan fingerprint density at radius 3 is 3.00 bits per heavy atom. The molecule has 5 heteroatoms. The lowest BCUT2D eigenvalue weighted by molar-refractivity contribution is 0.102. The van der Waals surface area contributed by atoms with Crippen LogP contribution in [0.2, 0.25) is 0 Å². The molecule has 4 nitrogen and oxygen atoms in total. The van der Waals surface area contributed by atoms with Gasteiger partial charge in [0.05, 0.1) is 17.3 Å².